The molecule has 0 radical (unpaired) electrons. The van der Waals surface area contributed by atoms with Gasteiger partial charge in [0.1, 0.15) is 6.04 Å². The van der Waals surface area contributed by atoms with Crippen molar-refractivity contribution in [1.82, 2.24) is 20.5 Å². The molecule has 1 aromatic heterocycles. The number of likely N-dealkylation sites (tertiary alicyclic amines) is 1. The summed E-state index contributed by atoms with van der Waals surface area (Å²) in [6.07, 6.45) is 11.9. The second-order valence-corrected chi connectivity index (χ2v) is 9.60. The molecule has 2 amide bonds. The van der Waals surface area contributed by atoms with Gasteiger partial charge >= 0.3 is 0 Å². The fourth-order valence-electron chi connectivity index (χ4n) is 4.45. The van der Waals surface area contributed by atoms with Gasteiger partial charge in [-0.1, -0.05) is 38.5 Å². The molecule has 7 nitrogen and oxygen atoms in total. The summed E-state index contributed by atoms with van der Waals surface area (Å²) >= 11 is 1.37. The summed E-state index contributed by atoms with van der Waals surface area (Å²) in [6.45, 7) is 4.27. The van der Waals surface area contributed by atoms with Gasteiger partial charge in [0.15, 0.2) is 5.13 Å². The lowest BCUT2D eigenvalue weighted by Gasteiger charge is -2.33. The van der Waals surface area contributed by atoms with Crippen LogP contribution >= 0.6 is 11.3 Å². The van der Waals surface area contributed by atoms with Crippen LogP contribution in [-0.4, -0.2) is 46.9 Å². The van der Waals surface area contributed by atoms with Gasteiger partial charge in [0.2, 0.25) is 11.8 Å². The van der Waals surface area contributed by atoms with Gasteiger partial charge in [-0.05, 0) is 45.2 Å². The Kier molecular flexibility index (Phi) is 8.29. The molecule has 162 valence electrons. The van der Waals surface area contributed by atoms with E-state index in [1.54, 1.807) is 6.20 Å². The normalized spacial score (nSPS) is 20.7. The monoisotopic (exact) mass is 421 g/mol. The number of rotatable bonds is 8. The van der Waals surface area contributed by atoms with E-state index in [0.717, 1.165) is 50.1 Å². The third-order valence-corrected chi connectivity index (χ3v) is 7.08. The van der Waals surface area contributed by atoms with Crippen molar-refractivity contribution in [2.24, 2.45) is 5.92 Å². The third-order valence-electron chi connectivity index (χ3n) is 6.25. The number of nitrogens with one attached hydrogen (secondary N) is 2. The quantitative estimate of drug-likeness (QED) is 0.599. The van der Waals surface area contributed by atoms with E-state index in [1.807, 2.05) is 6.92 Å². The van der Waals surface area contributed by atoms with Crippen LogP contribution in [0, 0.1) is 5.92 Å². The highest BCUT2D eigenvalue weighted by atomic mass is 32.1. The fraction of sp³-hybridized carbons (Fsp3) is 0.762. The van der Waals surface area contributed by atoms with Crippen LogP contribution in [0.5, 0.6) is 0 Å². The summed E-state index contributed by atoms with van der Waals surface area (Å²) in [6, 6.07) is -0.679. The van der Waals surface area contributed by atoms with Crippen LogP contribution in [0.15, 0.2) is 6.20 Å². The van der Waals surface area contributed by atoms with Crippen LogP contribution in [0.3, 0.4) is 0 Å². The van der Waals surface area contributed by atoms with Crippen molar-refractivity contribution in [3.05, 3.63) is 11.1 Å². The van der Waals surface area contributed by atoms with E-state index in [2.05, 4.69) is 20.5 Å². The Hall–Kier alpha value is -1.67. The fourth-order valence-corrected chi connectivity index (χ4v) is 5.08. The number of carbonyl (C=O) groups excluding carboxylic acids is 2. The first-order valence-electron chi connectivity index (χ1n) is 11.0. The second kappa shape index (κ2) is 10.9. The van der Waals surface area contributed by atoms with Crippen molar-refractivity contribution in [1.29, 1.82) is 0 Å². The lowest BCUT2D eigenvalue weighted by atomic mass is 9.84. The standard InChI is InChI=1S/C21H35N5O2S/c1-15(26-10-6-3-7-11-26)19(27)25-18(12-16-8-4-2-5-9-16)20(28)23-13-17-14-24-21(22)29-17/h14-16,18H,2-13H2,1H3,(H2,22,24)(H,23,28)(H,25,27)/t15-,18+/m1/s1. The van der Waals surface area contributed by atoms with Crippen LogP contribution in [0.2, 0.25) is 0 Å². The molecule has 2 heterocycles. The zero-order valence-electron chi connectivity index (χ0n) is 17.5. The molecule has 8 heteroatoms. The molecule has 0 spiro atoms. The number of nitrogens with two attached hydrogens (primary N) is 1. The number of amides is 2. The van der Waals surface area contributed by atoms with Gasteiger partial charge in [-0.2, -0.15) is 0 Å². The number of nitrogen functional groups attached to an aromatic ring is 1. The van der Waals surface area contributed by atoms with Crippen molar-refractivity contribution in [2.75, 3.05) is 18.8 Å². The smallest absolute Gasteiger partial charge is 0.242 e. The Morgan fingerprint density at radius 3 is 2.52 bits per heavy atom. The molecular formula is C21H35N5O2S. The Bertz CT molecular complexity index is 668. The minimum Gasteiger partial charge on any atom is -0.375 e. The molecule has 0 bridgehead atoms. The summed E-state index contributed by atoms with van der Waals surface area (Å²) in [7, 11) is 0. The number of thiazole rings is 1. The van der Waals surface area contributed by atoms with Crippen LogP contribution in [-0.2, 0) is 16.1 Å². The predicted octanol–water partition coefficient (Wildman–Crippen LogP) is 2.67. The number of anilines is 1. The maximum absolute atomic E-state index is 12.9. The number of aromatic nitrogens is 1. The van der Waals surface area contributed by atoms with Crippen molar-refractivity contribution in [3.63, 3.8) is 0 Å². The van der Waals surface area contributed by atoms with Crippen molar-refractivity contribution >= 4 is 28.3 Å². The van der Waals surface area contributed by atoms with E-state index in [1.165, 1.54) is 37.0 Å². The van der Waals surface area contributed by atoms with Gasteiger partial charge in [0.25, 0.3) is 0 Å². The maximum atomic E-state index is 12.9. The summed E-state index contributed by atoms with van der Waals surface area (Å²) < 4.78 is 0. The average molecular weight is 422 g/mol. The van der Waals surface area contributed by atoms with Crippen LogP contribution in [0.4, 0.5) is 5.13 Å². The van der Waals surface area contributed by atoms with Gasteiger partial charge in [-0.25, -0.2) is 4.98 Å². The van der Waals surface area contributed by atoms with Crippen molar-refractivity contribution in [2.45, 2.75) is 83.3 Å². The molecule has 1 saturated carbocycles. The third kappa shape index (κ3) is 6.67. The molecule has 1 aliphatic carbocycles. The first-order chi connectivity index (χ1) is 14.0. The van der Waals surface area contributed by atoms with Gasteiger partial charge in [0, 0.05) is 11.1 Å². The molecule has 0 aromatic carbocycles. The first kappa shape index (κ1) is 22.0. The molecule has 0 unspecified atom stereocenters. The molecule has 3 rings (SSSR count). The largest absolute Gasteiger partial charge is 0.375 e. The highest BCUT2D eigenvalue weighted by Gasteiger charge is 2.29. The Labute approximate surface area is 177 Å². The molecular weight excluding hydrogens is 386 g/mol. The summed E-state index contributed by atoms with van der Waals surface area (Å²) in [5.74, 6) is 0.357. The lowest BCUT2D eigenvalue weighted by Crippen LogP contribution is -2.54. The van der Waals surface area contributed by atoms with Gasteiger partial charge in [0.05, 0.1) is 12.6 Å². The van der Waals surface area contributed by atoms with E-state index >= 15 is 0 Å². The Morgan fingerprint density at radius 2 is 1.86 bits per heavy atom. The molecule has 2 aliphatic rings. The van der Waals surface area contributed by atoms with E-state index in [9.17, 15) is 9.59 Å². The van der Waals surface area contributed by atoms with Crippen LogP contribution in [0.25, 0.3) is 0 Å². The van der Waals surface area contributed by atoms with Gasteiger partial charge in [-0.15, -0.1) is 11.3 Å². The summed E-state index contributed by atoms with van der Waals surface area (Å²) in [5, 5.41) is 6.54. The number of piperidine rings is 1. The number of carbonyl (C=O) groups is 2. The van der Waals surface area contributed by atoms with E-state index in [4.69, 9.17) is 5.73 Å². The molecule has 1 aliphatic heterocycles. The molecule has 2 atom stereocenters. The number of hydrogen-bond donors (Lipinski definition) is 3. The first-order valence-corrected chi connectivity index (χ1v) is 11.9. The van der Waals surface area contributed by atoms with Crippen molar-refractivity contribution < 1.29 is 9.59 Å². The predicted molar refractivity (Wildman–Crippen MR) is 116 cm³/mol. The summed E-state index contributed by atoms with van der Waals surface area (Å²) in [5.41, 5.74) is 5.67. The zero-order chi connectivity index (χ0) is 20.6. The van der Waals surface area contributed by atoms with E-state index in [0.29, 0.717) is 17.6 Å². The summed E-state index contributed by atoms with van der Waals surface area (Å²) in [4.78, 5) is 33.0. The topological polar surface area (TPSA) is 100 Å². The lowest BCUT2D eigenvalue weighted by molar-refractivity contribution is -0.132. The highest BCUT2D eigenvalue weighted by molar-refractivity contribution is 7.15. The minimum absolute atomic E-state index is 0.0371. The Morgan fingerprint density at radius 1 is 1.17 bits per heavy atom. The van der Waals surface area contributed by atoms with Crippen molar-refractivity contribution in [3.8, 4) is 0 Å². The highest BCUT2D eigenvalue weighted by Crippen LogP contribution is 2.27. The molecule has 2 fully saturated rings. The van der Waals surface area contributed by atoms with Crippen LogP contribution in [0.1, 0.15) is 69.6 Å². The van der Waals surface area contributed by atoms with E-state index < -0.39 is 6.04 Å². The van der Waals surface area contributed by atoms with Gasteiger partial charge in [-0.3, -0.25) is 14.5 Å². The number of nitrogens with zero attached hydrogens (tertiary/aromatic N) is 2. The average Bonchev–Trinajstić information content (AvgIpc) is 3.17. The molecule has 1 aromatic rings. The molecule has 29 heavy (non-hydrogen) atoms. The SMILES string of the molecule is C[C@H](C(=O)N[C@@H](CC1CCCCC1)C(=O)NCc1cnc(N)s1)N1CCCCC1. The van der Waals surface area contributed by atoms with Gasteiger partial charge < -0.3 is 16.4 Å². The minimum atomic E-state index is -0.483. The number of hydrogen-bond acceptors (Lipinski definition) is 6. The zero-order valence-corrected chi connectivity index (χ0v) is 18.3. The molecule has 4 N–H and O–H groups in total. The Balaban J connectivity index is 1.59. The maximum Gasteiger partial charge on any atom is 0.242 e. The molecule has 1 saturated heterocycles. The van der Waals surface area contributed by atoms with E-state index in [-0.39, 0.29) is 17.9 Å². The van der Waals surface area contributed by atoms with Crippen LogP contribution < -0.4 is 16.4 Å². The second-order valence-electron chi connectivity index (χ2n) is 8.46.